The average Bonchev–Trinajstić information content (AvgIpc) is 3.23. The highest BCUT2D eigenvalue weighted by Gasteiger charge is 2.28. The van der Waals surface area contributed by atoms with Crippen molar-refractivity contribution in [2.45, 2.75) is 48.8 Å². The zero-order chi connectivity index (χ0) is 20.2. The first-order valence-corrected chi connectivity index (χ1v) is 12.5. The van der Waals surface area contributed by atoms with Gasteiger partial charge in [-0.1, -0.05) is 35.2 Å². The van der Waals surface area contributed by atoms with Crippen molar-refractivity contribution in [1.29, 1.82) is 0 Å². The minimum atomic E-state index is -1.20. The number of benzene rings is 1. The van der Waals surface area contributed by atoms with Gasteiger partial charge in [-0.25, -0.2) is 0 Å². The molecule has 0 unspecified atom stereocenters. The molecular formula is C22H27BrN2O3S. The third kappa shape index (κ3) is 5.19. The van der Waals surface area contributed by atoms with E-state index in [9.17, 15) is 9.00 Å². The van der Waals surface area contributed by atoms with Gasteiger partial charge in [-0.05, 0) is 49.2 Å². The van der Waals surface area contributed by atoms with E-state index < -0.39 is 10.8 Å². The van der Waals surface area contributed by atoms with Crippen LogP contribution in [0.15, 0.2) is 50.2 Å². The van der Waals surface area contributed by atoms with Crippen molar-refractivity contribution < 1.29 is 13.4 Å². The van der Waals surface area contributed by atoms with Crippen molar-refractivity contribution in [1.82, 2.24) is 9.80 Å². The highest BCUT2D eigenvalue weighted by molar-refractivity contribution is 9.10. The molecule has 1 atom stereocenters. The lowest BCUT2D eigenvalue weighted by Crippen LogP contribution is -2.52. The number of carbonyl (C=O) groups excluding carboxylic acids is 1. The minimum Gasteiger partial charge on any atom is -0.455 e. The summed E-state index contributed by atoms with van der Waals surface area (Å²) in [7, 11) is -1.20. The predicted octanol–water partition coefficient (Wildman–Crippen LogP) is 4.44. The SMILES string of the molecule is O=C(c1ccc(C[S@@](=O)c2ccc(Br)cc2)o1)N1CCN(C2CCCCC2)CC1. The van der Waals surface area contributed by atoms with Gasteiger partial charge in [-0.3, -0.25) is 13.9 Å². The molecule has 2 aliphatic rings. The maximum Gasteiger partial charge on any atom is 0.289 e. The molecule has 156 valence electrons. The number of hydrogen-bond donors (Lipinski definition) is 0. The Kier molecular flexibility index (Phi) is 6.88. The zero-order valence-corrected chi connectivity index (χ0v) is 18.9. The molecule has 1 aliphatic carbocycles. The van der Waals surface area contributed by atoms with Crippen molar-refractivity contribution >= 4 is 32.6 Å². The Bertz CT molecular complexity index is 853. The van der Waals surface area contributed by atoms with E-state index in [2.05, 4.69) is 20.8 Å². The summed E-state index contributed by atoms with van der Waals surface area (Å²) in [5.74, 6) is 1.13. The molecule has 0 bridgehead atoms. The van der Waals surface area contributed by atoms with Crippen LogP contribution in [0.3, 0.4) is 0 Å². The van der Waals surface area contributed by atoms with E-state index in [0.717, 1.165) is 35.5 Å². The van der Waals surface area contributed by atoms with E-state index in [1.54, 1.807) is 12.1 Å². The van der Waals surface area contributed by atoms with Crippen LogP contribution in [0.5, 0.6) is 0 Å². The van der Waals surface area contributed by atoms with Gasteiger partial charge in [0.15, 0.2) is 5.76 Å². The Morgan fingerprint density at radius 3 is 2.38 bits per heavy atom. The molecule has 7 heteroatoms. The third-order valence-electron chi connectivity index (χ3n) is 5.91. The lowest BCUT2D eigenvalue weighted by molar-refractivity contribution is 0.0496. The quantitative estimate of drug-likeness (QED) is 0.637. The van der Waals surface area contributed by atoms with E-state index in [-0.39, 0.29) is 11.7 Å². The Balaban J connectivity index is 1.31. The second kappa shape index (κ2) is 9.58. The first-order valence-electron chi connectivity index (χ1n) is 10.4. The smallest absolute Gasteiger partial charge is 0.289 e. The molecular weight excluding hydrogens is 452 g/mol. The summed E-state index contributed by atoms with van der Waals surface area (Å²) in [4.78, 5) is 18.0. The number of nitrogens with zero attached hydrogens (tertiary/aromatic N) is 2. The van der Waals surface area contributed by atoms with Gasteiger partial charge in [0, 0.05) is 41.6 Å². The molecule has 1 aromatic carbocycles. The van der Waals surface area contributed by atoms with E-state index in [4.69, 9.17) is 4.42 Å². The monoisotopic (exact) mass is 478 g/mol. The van der Waals surface area contributed by atoms with Crippen molar-refractivity contribution in [2.24, 2.45) is 0 Å². The van der Waals surface area contributed by atoms with Crippen LogP contribution >= 0.6 is 15.9 Å². The summed E-state index contributed by atoms with van der Waals surface area (Å²) in [6, 6.07) is 11.6. The zero-order valence-electron chi connectivity index (χ0n) is 16.5. The van der Waals surface area contributed by atoms with Crippen molar-refractivity contribution in [3.8, 4) is 0 Å². The van der Waals surface area contributed by atoms with Crippen LogP contribution in [0.2, 0.25) is 0 Å². The number of rotatable bonds is 5. The first kappa shape index (κ1) is 20.8. The topological polar surface area (TPSA) is 53.8 Å². The number of hydrogen-bond acceptors (Lipinski definition) is 4. The standard InChI is InChI=1S/C22H27BrN2O3S/c23-17-6-9-20(10-7-17)29(27)16-19-8-11-21(28-19)22(26)25-14-12-24(13-15-25)18-4-2-1-3-5-18/h6-11,18H,1-5,12-16H2/t29-/m1/s1. The fourth-order valence-corrected chi connectivity index (χ4v) is 5.55. The molecule has 2 aromatic rings. The summed E-state index contributed by atoms with van der Waals surface area (Å²) < 4.78 is 19.2. The maximum absolute atomic E-state index is 12.8. The van der Waals surface area contributed by atoms with Crippen LogP contribution in [0, 0.1) is 0 Å². The van der Waals surface area contributed by atoms with Gasteiger partial charge in [-0.15, -0.1) is 0 Å². The molecule has 1 saturated heterocycles. The van der Waals surface area contributed by atoms with Crippen LogP contribution in [0.4, 0.5) is 0 Å². The van der Waals surface area contributed by atoms with Crippen molar-refractivity contribution in [3.63, 3.8) is 0 Å². The van der Waals surface area contributed by atoms with Gasteiger partial charge in [0.2, 0.25) is 0 Å². The number of amides is 1. The highest BCUT2D eigenvalue weighted by Crippen LogP contribution is 2.24. The number of carbonyl (C=O) groups is 1. The van der Waals surface area contributed by atoms with Gasteiger partial charge in [0.05, 0.1) is 16.6 Å². The van der Waals surface area contributed by atoms with Crippen LogP contribution in [0.25, 0.3) is 0 Å². The number of furan rings is 1. The Labute approximate surface area is 183 Å². The van der Waals surface area contributed by atoms with Gasteiger partial charge >= 0.3 is 0 Å². The fourth-order valence-electron chi connectivity index (χ4n) is 4.26. The molecule has 0 N–H and O–H groups in total. The Morgan fingerprint density at radius 2 is 1.69 bits per heavy atom. The summed E-state index contributed by atoms with van der Waals surface area (Å²) in [5.41, 5.74) is 0. The summed E-state index contributed by atoms with van der Waals surface area (Å²) >= 11 is 3.38. The molecule has 29 heavy (non-hydrogen) atoms. The normalized spacial score (nSPS) is 20.0. The maximum atomic E-state index is 12.8. The predicted molar refractivity (Wildman–Crippen MR) is 117 cm³/mol. The first-order chi connectivity index (χ1) is 14.1. The van der Waals surface area contributed by atoms with Gasteiger partial charge in [0.1, 0.15) is 5.76 Å². The van der Waals surface area contributed by atoms with Crippen molar-refractivity contribution in [3.05, 3.63) is 52.4 Å². The molecule has 1 amide bonds. The highest BCUT2D eigenvalue weighted by atomic mass is 79.9. The average molecular weight is 479 g/mol. The molecule has 5 nitrogen and oxygen atoms in total. The summed E-state index contributed by atoms with van der Waals surface area (Å²) in [5, 5.41) is 0. The lowest BCUT2D eigenvalue weighted by atomic mass is 9.94. The molecule has 2 heterocycles. The molecule has 4 rings (SSSR count). The molecule has 2 fully saturated rings. The van der Waals surface area contributed by atoms with Gasteiger partial charge < -0.3 is 9.32 Å². The van der Waals surface area contributed by atoms with E-state index in [1.165, 1.54) is 32.1 Å². The van der Waals surface area contributed by atoms with E-state index in [0.29, 0.717) is 17.6 Å². The number of piperazine rings is 1. The second-order valence-electron chi connectivity index (χ2n) is 7.83. The molecule has 1 aliphatic heterocycles. The second-order valence-corrected chi connectivity index (χ2v) is 10.2. The third-order valence-corrected chi connectivity index (χ3v) is 7.79. The molecule has 1 saturated carbocycles. The molecule has 0 radical (unpaired) electrons. The van der Waals surface area contributed by atoms with Crippen LogP contribution in [0.1, 0.15) is 48.4 Å². The van der Waals surface area contributed by atoms with Crippen molar-refractivity contribution in [2.75, 3.05) is 26.2 Å². The minimum absolute atomic E-state index is 0.0611. The number of halogens is 1. The van der Waals surface area contributed by atoms with E-state index in [1.807, 2.05) is 29.2 Å². The Hall–Kier alpha value is -1.44. The van der Waals surface area contributed by atoms with E-state index >= 15 is 0 Å². The summed E-state index contributed by atoms with van der Waals surface area (Å²) in [6.07, 6.45) is 6.62. The van der Waals surface area contributed by atoms with Crippen LogP contribution in [-0.2, 0) is 16.6 Å². The van der Waals surface area contributed by atoms with Crippen LogP contribution in [-0.4, -0.2) is 52.1 Å². The summed E-state index contributed by atoms with van der Waals surface area (Å²) in [6.45, 7) is 3.38. The Morgan fingerprint density at radius 1 is 1.00 bits per heavy atom. The van der Waals surface area contributed by atoms with Gasteiger partial charge in [-0.2, -0.15) is 0 Å². The molecule has 0 spiro atoms. The fraction of sp³-hybridized carbons (Fsp3) is 0.500. The lowest BCUT2D eigenvalue weighted by Gasteiger charge is -2.40. The largest absolute Gasteiger partial charge is 0.455 e. The van der Waals surface area contributed by atoms with Crippen LogP contribution < -0.4 is 0 Å². The van der Waals surface area contributed by atoms with Gasteiger partial charge in [0.25, 0.3) is 5.91 Å². The molecule has 1 aromatic heterocycles.